The number of para-hydroxylation sites is 1. The Balaban J connectivity index is 1.18. The van der Waals surface area contributed by atoms with Gasteiger partial charge >= 0.3 is 12.1 Å². The minimum absolute atomic E-state index is 0.0392. The Morgan fingerprint density at radius 1 is 1.10 bits per heavy atom. The van der Waals surface area contributed by atoms with Crippen molar-refractivity contribution in [3.05, 3.63) is 60.7 Å². The van der Waals surface area contributed by atoms with Crippen LogP contribution >= 0.6 is 0 Å². The fourth-order valence-corrected chi connectivity index (χ4v) is 6.95. The van der Waals surface area contributed by atoms with E-state index in [0.29, 0.717) is 48.8 Å². The third-order valence-electron chi connectivity index (χ3n) is 9.69. The predicted molar refractivity (Wildman–Crippen MR) is 175 cm³/mol. The Hall–Kier alpha value is -5.22. The van der Waals surface area contributed by atoms with Crippen molar-refractivity contribution in [2.45, 2.75) is 43.3 Å². The standard InChI is InChI=1S/C34H32F3N7O6/c1-18-33(16-47-17-33)48-10-9-43(18)23-11-20(19-7-8-39-26(12-19)38-2)14-40-30(23)49-21-13-24(31(45)46)44(15-21)29-28-27(41-32(42-29)34(35,36)37)22-5-3-4-6-25(22)50-28/h3-8,11-12,14,18,21,24H,9-10,13,15-17H2,1-2H3,(H,38,39)(H,45,46)/t18-,21?,24-/m0/s1. The van der Waals surface area contributed by atoms with Crippen LogP contribution in [0.2, 0.25) is 0 Å². The number of carboxylic acids is 1. The summed E-state index contributed by atoms with van der Waals surface area (Å²) >= 11 is 0. The van der Waals surface area contributed by atoms with Crippen LogP contribution in [0.5, 0.6) is 5.88 Å². The number of anilines is 3. The fraction of sp³-hybridized carbons (Fsp3) is 0.382. The zero-order chi connectivity index (χ0) is 34.8. The largest absolute Gasteiger partial charge is 0.480 e. The Labute approximate surface area is 283 Å². The van der Waals surface area contributed by atoms with Gasteiger partial charge in [0.15, 0.2) is 11.4 Å². The smallest absolute Gasteiger partial charge is 0.451 e. The lowest BCUT2D eigenvalue weighted by Gasteiger charge is -2.53. The van der Waals surface area contributed by atoms with E-state index < -0.39 is 35.7 Å². The summed E-state index contributed by atoms with van der Waals surface area (Å²) in [4.78, 5) is 32.7. The average molecular weight is 692 g/mol. The van der Waals surface area contributed by atoms with Gasteiger partial charge in [0.25, 0.3) is 0 Å². The van der Waals surface area contributed by atoms with E-state index in [1.807, 2.05) is 25.1 Å². The Kier molecular flexibility index (Phi) is 7.67. The number of hydrogen-bond acceptors (Lipinski definition) is 12. The maximum atomic E-state index is 14.1. The molecule has 3 atom stereocenters. The molecule has 0 bridgehead atoms. The molecule has 13 nitrogen and oxygen atoms in total. The van der Waals surface area contributed by atoms with Crippen LogP contribution in [0.1, 0.15) is 19.2 Å². The van der Waals surface area contributed by atoms with Crippen LogP contribution < -0.4 is 19.9 Å². The molecule has 1 unspecified atom stereocenters. The number of nitrogens with zero attached hydrogens (tertiary/aromatic N) is 6. The van der Waals surface area contributed by atoms with Crippen LogP contribution in [0.3, 0.4) is 0 Å². The number of fused-ring (bicyclic) bond motifs is 3. The van der Waals surface area contributed by atoms with Gasteiger partial charge in [-0.15, -0.1) is 0 Å². The summed E-state index contributed by atoms with van der Waals surface area (Å²) in [6.07, 6.45) is -2.38. The number of aromatic nitrogens is 4. The van der Waals surface area contributed by atoms with Crippen molar-refractivity contribution in [2.24, 2.45) is 0 Å². The van der Waals surface area contributed by atoms with Crippen molar-refractivity contribution in [3.8, 4) is 17.0 Å². The number of ether oxygens (including phenoxy) is 3. The van der Waals surface area contributed by atoms with Crippen LogP contribution in [-0.4, -0.2) is 94.8 Å². The van der Waals surface area contributed by atoms with Crippen LogP contribution in [0.4, 0.5) is 30.5 Å². The number of halogens is 3. The highest BCUT2D eigenvalue weighted by Gasteiger charge is 2.50. The van der Waals surface area contributed by atoms with Crippen molar-refractivity contribution in [1.29, 1.82) is 0 Å². The molecule has 16 heteroatoms. The van der Waals surface area contributed by atoms with Gasteiger partial charge in [-0.3, -0.25) is 0 Å². The monoisotopic (exact) mass is 691 g/mol. The van der Waals surface area contributed by atoms with Gasteiger partial charge < -0.3 is 38.9 Å². The minimum Gasteiger partial charge on any atom is -0.480 e. The molecule has 260 valence electrons. The maximum absolute atomic E-state index is 14.1. The van der Waals surface area contributed by atoms with Crippen molar-refractivity contribution >= 4 is 45.4 Å². The quantitative estimate of drug-likeness (QED) is 0.236. The molecule has 0 saturated carbocycles. The normalized spacial score (nSPS) is 21.9. The van der Waals surface area contributed by atoms with Crippen molar-refractivity contribution in [2.75, 3.05) is 55.1 Å². The van der Waals surface area contributed by atoms with Crippen LogP contribution in [0.25, 0.3) is 33.2 Å². The van der Waals surface area contributed by atoms with E-state index in [9.17, 15) is 23.1 Å². The molecular weight excluding hydrogens is 659 g/mol. The molecule has 4 aromatic heterocycles. The summed E-state index contributed by atoms with van der Waals surface area (Å²) in [5, 5.41) is 13.7. The SMILES string of the molecule is CNc1cc(-c2cnc(OC3C[C@@H](C(=O)O)N(c4nc(C(F)(F)F)nc5c4oc4ccccc45)C3)c(N3CCOC4(COC4)[C@@H]3C)c2)ccn1. The van der Waals surface area contributed by atoms with Gasteiger partial charge in [0.05, 0.1) is 32.4 Å². The molecule has 5 aromatic rings. The number of morpholine rings is 1. The van der Waals surface area contributed by atoms with Crippen LogP contribution in [-0.2, 0) is 20.4 Å². The van der Waals surface area contributed by atoms with E-state index in [1.165, 1.54) is 4.90 Å². The molecule has 1 spiro atoms. The minimum atomic E-state index is -4.89. The highest BCUT2D eigenvalue weighted by atomic mass is 19.4. The van der Waals surface area contributed by atoms with E-state index in [-0.39, 0.29) is 41.8 Å². The molecule has 7 heterocycles. The predicted octanol–water partition coefficient (Wildman–Crippen LogP) is 5.00. The Morgan fingerprint density at radius 3 is 2.66 bits per heavy atom. The molecule has 8 rings (SSSR count). The topological polar surface area (TPSA) is 148 Å². The lowest BCUT2D eigenvalue weighted by atomic mass is 9.90. The number of alkyl halides is 3. The summed E-state index contributed by atoms with van der Waals surface area (Å²) in [5.41, 5.74) is 2.04. The Bertz CT molecular complexity index is 2110. The van der Waals surface area contributed by atoms with Gasteiger partial charge in [-0.1, -0.05) is 12.1 Å². The first-order valence-corrected chi connectivity index (χ1v) is 16.1. The molecule has 3 aliphatic heterocycles. The highest BCUT2D eigenvalue weighted by molar-refractivity contribution is 6.06. The summed E-state index contributed by atoms with van der Waals surface area (Å²) in [7, 11) is 1.78. The third-order valence-corrected chi connectivity index (χ3v) is 9.69. The number of nitrogens with one attached hydrogen (secondary N) is 1. The number of carbonyl (C=O) groups is 1. The first kappa shape index (κ1) is 32.0. The molecule has 3 fully saturated rings. The van der Waals surface area contributed by atoms with Gasteiger partial charge in [0.1, 0.15) is 40.4 Å². The van der Waals surface area contributed by atoms with E-state index in [0.717, 1.165) is 11.1 Å². The highest BCUT2D eigenvalue weighted by Crippen LogP contribution is 2.42. The zero-order valence-electron chi connectivity index (χ0n) is 27.0. The molecule has 3 aliphatic rings. The summed E-state index contributed by atoms with van der Waals surface area (Å²) in [6, 6.07) is 10.9. The molecule has 2 N–H and O–H groups in total. The van der Waals surface area contributed by atoms with Gasteiger partial charge in [-0.2, -0.15) is 13.2 Å². The maximum Gasteiger partial charge on any atom is 0.451 e. The molecule has 0 radical (unpaired) electrons. The summed E-state index contributed by atoms with van der Waals surface area (Å²) in [6.45, 7) is 3.80. The second kappa shape index (κ2) is 12.0. The third kappa shape index (κ3) is 5.38. The number of carboxylic acid groups (broad SMARTS) is 1. The second-order valence-electron chi connectivity index (χ2n) is 12.6. The molecule has 3 saturated heterocycles. The number of hydrogen-bond donors (Lipinski definition) is 2. The van der Waals surface area contributed by atoms with Gasteiger partial charge in [0, 0.05) is 43.4 Å². The average Bonchev–Trinajstić information content (AvgIpc) is 3.69. The second-order valence-corrected chi connectivity index (χ2v) is 12.6. The van der Waals surface area contributed by atoms with E-state index >= 15 is 0 Å². The van der Waals surface area contributed by atoms with Crippen molar-refractivity contribution < 1.29 is 41.7 Å². The molecule has 50 heavy (non-hydrogen) atoms. The number of benzene rings is 1. The number of pyridine rings is 2. The van der Waals surface area contributed by atoms with Gasteiger partial charge in [-0.25, -0.2) is 24.7 Å². The molecule has 0 aliphatic carbocycles. The molecular formula is C34H32F3N7O6. The first-order chi connectivity index (χ1) is 24.0. The molecule has 1 aromatic carbocycles. The van der Waals surface area contributed by atoms with E-state index in [2.05, 4.69) is 25.2 Å². The van der Waals surface area contributed by atoms with Crippen LogP contribution in [0, 0.1) is 0 Å². The lowest BCUT2D eigenvalue weighted by molar-refractivity contribution is -0.228. The number of rotatable bonds is 7. The Morgan fingerprint density at radius 2 is 1.92 bits per heavy atom. The van der Waals surface area contributed by atoms with E-state index in [4.69, 9.17) is 23.6 Å². The van der Waals surface area contributed by atoms with Crippen molar-refractivity contribution in [3.63, 3.8) is 0 Å². The zero-order valence-corrected chi connectivity index (χ0v) is 27.0. The number of aliphatic carboxylic acids is 1. The fourth-order valence-electron chi connectivity index (χ4n) is 6.95. The first-order valence-electron chi connectivity index (χ1n) is 16.1. The van der Waals surface area contributed by atoms with E-state index in [1.54, 1.807) is 43.7 Å². The van der Waals surface area contributed by atoms with Gasteiger partial charge in [-0.05, 0) is 42.8 Å². The summed E-state index contributed by atoms with van der Waals surface area (Å²) in [5.74, 6) is -1.98. The van der Waals surface area contributed by atoms with Gasteiger partial charge in [0.2, 0.25) is 11.7 Å². The lowest BCUT2D eigenvalue weighted by Crippen LogP contribution is -2.68. The molecule has 0 amide bonds. The summed E-state index contributed by atoms with van der Waals surface area (Å²) < 4.78 is 66.4. The number of furan rings is 1. The van der Waals surface area contributed by atoms with Crippen LogP contribution in [0.15, 0.2) is 59.3 Å². The van der Waals surface area contributed by atoms with Crippen molar-refractivity contribution in [1.82, 2.24) is 19.9 Å².